The molecule has 0 aromatic heterocycles. The maximum Gasteiger partial charge on any atom is 0.162 e. The van der Waals surface area contributed by atoms with E-state index in [-0.39, 0.29) is 5.60 Å². The maximum atomic E-state index is 5.86. The molecule has 0 fully saturated rings. The van der Waals surface area contributed by atoms with Gasteiger partial charge in [-0.05, 0) is 19.1 Å². The van der Waals surface area contributed by atoms with Crippen LogP contribution in [0.25, 0.3) is 0 Å². The van der Waals surface area contributed by atoms with Crippen molar-refractivity contribution in [3.8, 4) is 11.5 Å². The molecule has 0 saturated carbocycles. The predicted molar refractivity (Wildman–Crippen MR) is 55.8 cm³/mol. The fourth-order valence-corrected chi connectivity index (χ4v) is 1.58. The molecule has 2 heteroatoms. The molecule has 14 heavy (non-hydrogen) atoms. The molecule has 1 aromatic rings. The van der Waals surface area contributed by atoms with Gasteiger partial charge in [-0.2, -0.15) is 0 Å². The molecule has 1 aliphatic rings. The summed E-state index contributed by atoms with van der Waals surface area (Å²) in [6.07, 6.45) is 2.65. The Kier molecular flexibility index (Phi) is 2.20. The van der Waals surface area contributed by atoms with Gasteiger partial charge in [-0.3, -0.25) is 0 Å². The summed E-state index contributed by atoms with van der Waals surface area (Å²) in [5, 5.41) is 0. The second-order valence-corrected chi connectivity index (χ2v) is 3.78. The highest BCUT2D eigenvalue weighted by Gasteiger charge is 2.31. The second-order valence-electron chi connectivity index (χ2n) is 3.78. The van der Waals surface area contributed by atoms with Gasteiger partial charge in [0.2, 0.25) is 0 Å². The van der Waals surface area contributed by atoms with Crippen molar-refractivity contribution in [3.05, 3.63) is 36.9 Å². The van der Waals surface area contributed by atoms with Crippen molar-refractivity contribution >= 4 is 0 Å². The SMILES string of the molecule is C=CCC1(C)COc2ccccc2O1. The van der Waals surface area contributed by atoms with Crippen molar-refractivity contribution in [2.75, 3.05) is 6.61 Å². The molecule has 0 aliphatic carbocycles. The number of rotatable bonds is 2. The summed E-state index contributed by atoms with van der Waals surface area (Å²) in [5.74, 6) is 1.65. The summed E-state index contributed by atoms with van der Waals surface area (Å²) < 4.78 is 11.5. The molecule has 74 valence electrons. The van der Waals surface area contributed by atoms with Gasteiger partial charge in [0.25, 0.3) is 0 Å². The van der Waals surface area contributed by atoms with Gasteiger partial charge in [-0.1, -0.05) is 18.2 Å². The molecule has 0 radical (unpaired) electrons. The number of para-hydroxylation sites is 2. The second kappa shape index (κ2) is 3.37. The van der Waals surface area contributed by atoms with Gasteiger partial charge in [-0.25, -0.2) is 0 Å². The highest BCUT2D eigenvalue weighted by atomic mass is 16.6. The van der Waals surface area contributed by atoms with Gasteiger partial charge in [0, 0.05) is 6.42 Å². The van der Waals surface area contributed by atoms with Gasteiger partial charge in [-0.15, -0.1) is 6.58 Å². The average molecular weight is 190 g/mol. The largest absolute Gasteiger partial charge is 0.486 e. The normalized spacial score (nSPS) is 24.4. The van der Waals surface area contributed by atoms with Gasteiger partial charge in [0.1, 0.15) is 12.2 Å². The van der Waals surface area contributed by atoms with E-state index in [4.69, 9.17) is 9.47 Å². The van der Waals surface area contributed by atoms with Crippen molar-refractivity contribution in [2.24, 2.45) is 0 Å². The standard InChI is InChI=1S/C12H14O2/c1-3-8-12(2)9-13-10-6-4-5-7-11(10)14-12/h3-7H,1,8-9H2,2H3. The number of hydrogen-bond acceptors (Lipinski definition) is 2. The molecule has 1 atom stereocenters. The lowest BCUT2D eigenvalue weighted by molar-refractivity contribution is 0.00869. The number of hydrogen-bond donors (Lipinski definition) is 0. The Morgan fingerprint density at radius 3 is 2.86 bits per heavy atom. The predicted octanol–water partition coefficient (Wildman–Crippen LogP) is 2.79. The first-order chi connectivity index (χ1) is 6.73. The first-order valence-corrected chi connectivity index (χ1v) is 4.75. The summed E-state index contributed by atoms with van der Waals surface area (Å²) in [7, 11) is 0. The summed E-state index contributed by atoms with van der Waals surface area (Å²) in [4.78, 5) is 0. The van der Waals surface area contributed by atoms with Crippen LogP contribution in [-0.4, -0.2) is 12.2 Å². The topological polar surface area (TPSA) is 18.5 Å². The fraction of sp³-hybridized carbons (Fsp3) is 0.333. The molecular formula is C12H14O2. The summed E-state index contributed by atoms with van der Waals surface area (Å²) >= 11 is 0. The van der Waals surface area contributed by atoms with E-state index in [0.29, 0.717) is 6.61 Å². The van der Waals surface area contributed by atoms with Gasteiger partial charge in [0.05, 0.1) is 0 Å². The van der Waals surface area contributed by atoms with Crippen molar-refractivity contribution in [2.45, 2.75) is 18.9 Å². The molecule has 0 saturated heterocycles. The van der Waals surface area contributed by atoms with Gasteiger partial charge >= 0.3 is 0 Å². The van der Waals surface area contributed by atoms with Crippen LogP contribution in [0.15, 0.2) is 36.9 Å². The molecular weight excluding hydrogens is 176 g/mol. The van der Waals surface area contributed by atoms with Crippen LogP contribution in [-0.2, 0) is 0 Å². The molecule has 1 aliphatic heterocycles. The number of ether oxygens (including phenoxy) is 2. The van der Waals surface area contributed by atoms with E-state index in [2.05, 4.69) is 6.58 Å². The molecule has 0 bridgehead atoms. The van der Waals surface area contributed by atoms with Gasteiger partial charge < -0.3 is 9.47 Å². The first kappa shape index (κ1) is 9.13. The Morgan fingerprint density at radius 1 is 1.43 bits per heavy atom. The maximum absolute atomic E-state index is 5.86. The Morgan fingerprint density at radius 2 is 2.14 bits per heavy atom. The Bertz CT molecular complexity index is 346. The molecule has 2 nitrogen and oxygen atoms in total. The van der Waals surface area contributed by atoms with E-state index in [9.17, 15) is 0 Å². The fourth-order valence-electron chi connectivity index (χ4n) is 1.58. The average Bonchev–Trinajstić information content (AvgIpc) is 2.17. The molecule has 2 rings (SSSR count). The minimum Gasteiger partial charge on any atom is -0.486 e. The van der Waals surface area contributed by atoms with Crippen molar-refractivity contribution < 1.29 is 9.47 Å². The zero-order chi connectivity index (χ0) is 10.0. The minimum absolute atomic E-state index is 0.268. The molecule has 0 N–H and O–H groups in total. The van der Waals surface area contributed by atoms with E-state index in [1.807, 2.05) is 37.3 Å². The third-order valence-electron chi connectivity index (χ3n) is 2.31. The Balaban J connectivity index is 2.24. The van der Waals surface area contributed by atoms with E-state index < -0.39 is 0 Å². The van der Waals surface area contributed by atoms with Gasteiger partial charge in [0.15, 0.2) is 11.5 Å². The minimum atomic E-state index is -0.268. The van der Waals surface area contributed by atoms with Crippen LogP contribution in [0.1, 0.15) is 13.3 Å². The zero-order valence-electron chi connectivity index (χ0n) is 8.32. The molecule has 1 aromatic carbocycles. The third-order valence-corrected chi connectivity index (χ3v) is 2.31. The first-order valence-electron chi connectivity index (χ1n) is 4.75. The smallest absolute Gasteiger partial charge is 0.162 e. The lowest BCUT2D eigenvalue weighted by Gasteiger charge is -2.34. The van der Waals surface area contributed by atoms with Crippen molar-refractivity contribution in [1.29, 1.82) is 0 Å². The highest BCUT2D eigenvalue weighted by Crippen LogP contribution is 2.35. The van der Waals surface area contributed by atoms with E-state index >= 15 is 0 Å². The molecule has 1 unspecified atom stereocenters. The highest BCUT2D eigenvalue weighted by molar-refractivity contribution is 5.41. The van der Waals surface area contributed by atoms with E-state index in [1.165, 1.54) is 0 Å². The molecule has 0 spiro atoms. The molecule has 0 amide bonds. The van der Waals surface area contributed by atoms with E-state index in [1.54, 1.807) is 0 Å². The van der Waals surface area contributed by atoms with Crippen molar-refractivity contribution in [1.82, 2.24) is 0 Å². The van der Waals surface area contributed by atoms with Crippen LogP contribution in [0.3, 0.4) is 0 Å². The monoisotopic (exact) mass is 190 g/mol. The quantitative estimate of drug-likeness (QED) is 0.667. The van der Waals surface area contributed by atoms with Crippen LogP contribution >= 0.6 is 0 Å². The van der Waals surface area contributed by atoms with Crippen LogP contribution in [0.2, 0.25) is 0 Å². The molecule has 1 heterocycles. The summed E-state index contributed by atoms with van der Waals surface area (Å²) in [6, 6.07) is 7.73. The Labute approximate surface area is 84.2 Å². The lowest BCUT2D eigenvalue weighted by atomic mass is 10.0. The summed E-state index contributed by atoms with van der Waals surface area (Å²) in [6.45, 7) is 6.33. The van der Waals surface area contributed by atoms with Crippen LogP contribution < -0.4 is 9.47 Å². The number of benzene rings is 1. The van der Waals surface area contributed by atoms with E-state index in [0.717, 1.165) is 17.9 Å². The van der Waals surface area contributed by atoms with Crippen LogP contribution in [0.5, 0.6) is 11.5 Å². The number of fused-ring (bicyclic) bond motifs is 1. The van der Waals surface area contributed by atoms with Crippen LogP contribution in [0.4, 0.5) is 0 Å². The zero-order valence-corrected chi connectivity index (χ0v) is 8.32. The van der Waals surface area contributed by atoms with Crippen molar-refractivity contribution in [3.63, 3.8) is 0 Å². The Hall–Kier alpha value is -1.44. The lowest BCUT2D eigenvalue weighted by Crippen LogP contribution is -2.41. The summed E-state index contributed by atoms with van der Waals surface area (Å²) in [5.41, 5.74) is -0.268. The third kappa shape index (κ3) is 1.60. The van der Waals surface area contributed by atoms with Crippen LogP contribution in [0, 0.1) is 0 Å².